The first-order valence-corrected chi connectivity index (χ1v) is 9.53. The molecule has 0 radical (unpaired) electrons. The topological polar surface area (TPSA) is 78.9 Å². The molecule has 26 heavy (non-hydrogen) atoms. The predicted octanol–water partition coefficient (Wildman–Crippen LogP) is 3.17. The van der Waals surface area contributed by atoms with Gasteiger partial charge >= 0.3 is 11.9 Å². The van der Waals surface area contributed by atoms with Crippen molar-refractivity contribution in [3.63, 3.8) is 0 Å². The first-order chi connectivity index (χ1) is 12.5. The Morgan fingerprint density at radius 1 is 1.15 bits per heavy atom. The maximum atomic E-state index is 13.0. The van der Waals surface area contributed by atoms with Crippen molar-refractivity contribution >= 4 is 33.7 Å². The van der Waals surface area contributed by atoms with Gasteiger partial charge < -0.3 is 14.2 Å². The molecule has 2 rings (SSSR count). The highest BCUT2D eigenvalue weighted by Crippen LogP contribution is 2.31. The highest BCUT2D eigenvalue weighted by atomic mass is 79.9. The van der Waals surface area contributed by atoms with Crippen molar-refractivity contribution in [2.24, 2.45) is 11.8 Å². The van der Waals surface area contributed by atoms with Crippen molar-refractivity contribution in [1.82, 2.24) is 0 Å². The zero-order chi connectivity index (χ0) is 19.1. The van der Waals surface area contributed by atoms with Crippen LogP contribution in [0.2, 0.25) is 0 Å². The molecule has 142 valence electrons. The summed E-state index contributed by atoms with van der Waals surface area (Å²) in [5.41, 5.74) is 0.364. The molecule has 6 nitrogen and oxygen atoms in total. The van der Waals surface area contributed by atoms with E-state index in [1.54, 1.807) is 38.1 Å². The standard InChI is InChI=1S/C19H23BrO6/c1-3-24-18(22)14-6-5-11-26-17(14)15(19(23)25-4-2)16(21)12-7-9-13(20)10-8-12/h7-10,14-15,17H,3-6,11H2,1-2H3. The highest BCUT2D eigenvalue weighted by Gasteiger charge is 2.46. The molecule has 0 aromatic heterocycles. The lowest BCUT2D eigenvalue weighted by atomic mass is 9.81. The van der Waals surface area contributed by atoms with E-state index in [-0.39, 0.29) is 13.2 Å². The van der Waals surface area contributed by atoms with Gasteiger partial charge in [0.2, 0.25) is 0 Å². The van der Waals surface area contributed by atoms with Gasteiger partial charge in [-0.3, -0.25) is 14.4 Å². The van der Waals surface area contributed by atoms with Gasteiger partial charge in [-0.1, -0.05) is 28.1 Å². The molecule has 1 saturated heterocycles. The number of hydrogen-bond acceptors (Lipinski definition) is 6. The molecule has 1 aromatic carbocycles. The minimum Gasteiger partial charge on any atom is -0.466 e. The molecule has 0 spiro atoms. The smallest absolute Gasteiger partial charge is 0.319 e. The van der Waals surface area contributed by atoms with Crippen LogP contribution in [0.3, 0.4) is 0 Å². The van der Waals surface area contributed by atoms with E-state index in [1.165, 1.54) is 0 Å². The van der Waals surface area contributed by atoms with Crippen LogP contribution >= 0.6 is 15.9 Å². The van der Waals surface area contributed by atoms with Crippen molar-refractivity contribution in [2.75, 3.05) is 19.8 Å². The van der Waals surface area contributed by atoms with Gasteiger partial charge in [0.25, 0.3) is 0 Å². The third-order valence-corrected chi connectivity index (χ3v) is 4.76. The molecule has 7 heteroatoms. The second-order valence-electron chi connectivity index (χ2n) is 5.94. The average Bonchev–Trinajstić information content (AvgIpc) is 2.63. The molecule has 1 aliphatic rings. The summed E-state index contributed by atoms with van der Waals surface area (Å²) in [4.78, 5) is 37.9. The SMILES string of the molecule is CCOC(=O)C1CCCOC1C(C(=O)OCC)C(=O)c1ccc(Br)cc1. The molecule has 3 unspecified atom stereocenters. The summed E-state index contributed by atoms with van der Waals surface area (Å²) in [5, 5.41) is 0. The van der Waals surface area contributed by atoms with E-state index in [0.717, 1.165) is 4.47 Å². The van der Waals surface area contributed by atoms with Gasteiger partial charge in [0.05, 0.1) is 25.2 Å². The quantitative estimate of drug-likeness (QED) is 0.378. The van der Waals surface area contributed by atoms with Crippen LogP contribution in [0.1, 0.15) is 37.0 Å². The number of hydrogen-bond donors (Lipinski definition) is 0. The molecule has 0 bridgehead atoms. The van der Waals surface area contributed by atoms with Crippen molar-refractivity contribution in [2.45, 2.75) is 32.8 Å². The monoisotopic (exact) mass is 426 g/mol. The maximum Gasteiger partial charge on any atom is 0.319 e. The van der Waals surface area contributed by atoms with Crippen LogP contribution in [0.5, 0.6) is 0 Å². The zero-order valence-corrected chi connectivity index (χ0v) is 16.5. The Bertz CT molecular complexity index is 642. The Morgan fingerprint density at radius 2 is 1.81 bits per heavy atom. The molecule has 1 aromatic rings. The van der Waals surface area contributed by atoms with Crippen LogP contribution in [-0.4, -0.2) is 43.6 Å². The summed E-state index contributed by atoms with van der Waals surface area (Å²) in [6, 6.07) is 6.70. The normalized spacial score (nSPS) is 20.9. The molecule has 0 N–H and O–H groups in total. The van der Waals surface area contributed by atoms with Crippen molar-refractivity contribution in [3.8, 4) is 0 Å². The molecular weight excluding hydrogens is 404 g/mol. The summed E-state index contributed by atoms with van der Waals surface area (Å²) in [6.45, 7) is 4.13. The molecule has 1 aliphatic heterocycles. The lowest BCUT2D eigenvalue weighted by molar-refractivity contribution is -0.166. The Hall–Kier alpha value is -1.73. The predicted molar refractivity (Wildman–Crippen MR) is 97.7 cm³/mol. The molecule has 1 heterocycles. The van der Waals surface area contributed by atoms with Gasteiger partial charge in [-0.15, -0.1) is 0 Å². The van der Waals surface area contributed by atoms with Gasteiger partial charge in [0, 0.05) is 16.6 Å². The van der Waals surface area contributed by atoms with E-state index in [9.17, 15) is 14.4 Å². The molecule has 3 atom stereocenters. The molecular formula is C19H23BrO6. The fourth-order valence-corrected chi connectivity index (χ4v) is 3.31. The minimum absolute atomic E-state index is 0.139. The van der Waals surface area contributed by atoms with Gasteiger partial charge in [0.1, 0.15) is 5.92 Å². The number of esters is 2. The van der Waals surface area contributed by atoms with Gasteiger partial charge in [-0.25, -0.2) is 0 Å². The maximum absolute atomic E-state index is 13.0. The average molecular weight is 427 g/mol. The molecule has 1 fully saturated rings. The first kappa shape index (κ1) is 20.6. The van der Waals surface area contributed by atoms with Crippen LogP contribution in [0.15, 0.2) is 28.7 Å². The second-order valence-corrected chi connectivity index (χ2v) is 6.85. The fraction of sp³-hybridized carbons (Fsp3) is 0.526. The van der Waals surface area contributed by atoms with Crippen LogP contribution in [-0.2, 0) is 23.8 Å². The largest absolute Gasteiger partial charge is 0.466 e. The number of halogens is 1. The van der Waals surface area contributed by atoms with E-state index in [1.807, 2.05) is 0 Å². The Balaban J connectivity index is 2.35. The fourth-order valence-electron chi connectivity index (χ4n) is 3.05. The van der Waals surface area contributed by atoms with Crippen LogP contribution in [0.25, 0.3) is 0 Å². The number of benzene rings is 1. The third kappa shape index (κ3) is 4.92. The van der Waals surface area contributed by atoms with Gasteiger partial charge in [0.15, 0.2) is 5.78 Å². The summed E-state index contributed by atoms with van der Waals surface area (Å²) in [5.74, 6) is -3.42. The Kier molecular flexibility index (Phi) is 7.78. The third-order valence-electron chi connectivity index (χ3n) is 4.24. The second kappa shape index (κ2) is 9.83. The number of Topliss-reactive ketones (excluding diaryl/α,β-unsaturated/α-hetero) is 1. The Morgan fingerprint density at radius 3 is 2.42 bits per heavy atom. The van der Waals surface area contributed by atoms with E-state index in [0.29, 0.717) is 25.0 Å². The van der Waals surface area contributed by atoms with E-state index >= 15 is 0 Å². The first-order valence-electron chi connectivity index (χ1n) is 8.74. The molecule has 0 saturated carbocycles. The summed E-state index contributed by atoms with van der Waals surface area (Å²) < 4.78 is 16.8. The lowest BCUT2D eigenvalue weighted by Gasteiger charge is -2.34. The highest BCUT2D eigenvalue weighted by molar-refractivity contribution is 9.10. The molecule has 0 aliphatic carbocycles. The van der Waals surface area contributed by atoms with Gasteiger partial charge in [-0.05, 0) is 38.8 Å². The van der Waals surface area contributed by atoms with Crippen LogP contribution < -0.4 is 0 Å². The van der Waals surface area contributed by atoms with Crippen molar-refractivity contribution in [3.05, 3.63) is 34.3 Å². The summed E-state index contributed by atoms with van der Waals surface area (Å²) in [6.07, 6.45) is 0.285. The number of ketones is 1. The molecule has 0 amide bonds. The summed E-state index contributed by atoms with van der Waals surface area (Å²) in [7, 11) is 0. The minimum atomic E-state index is -1.20. The van der Waals surface area contributed by atoms with E-state index in [2.05, 4.69) is 15.9 Å². The van der Waals surface area contributed by atoms with E-state index < -0.39 is 35.7 Å². The summed E-state index contributed by atoms with van der Waals surface area (Å²) >= 11 is 3.32. The van der Waals surface area contributed by atoms with Gasteiger partial charge in [-0.2, -0.15) is 0 Å². The Labute approximate surface area is 161 Å². The number of rotatable bonds is 7. The number of ether oxygens (including phenoxy) is 3. The van der Waals surface area contributed by atoms with Crippen molar-refractivity contribution < 1.29 is 28.6 Å². The number of carbonyl (C=O) groups is 3. The zero-order valence-electron chi connectivity index (χ0n) is 14.9. The van der Waals surface area contributed by atoms with Crippen LogP contribution in [0.4, 0.5) is 0 Å². The lowest BCUT2D eigenvalue weighted by Crippen LogP contribution is -2.47. The van der Waals surface area contributed by atoms with Crippen LogP contribution in [0, 0.1) is 11.8 Å². The van der Waals surface area contributed by atoms with Crippen molar-refractivity contribution in [1.29, 1.82) is 0 Å². The number of carbonyl (C=O) groups excluding carboxylic acids is 3. The van der Waals surface area contributed by atoms with E-state index in [4.69, 9.17) is 14.2 Å².